The van der Waals surface area contributed by atoms with Crippen LogP contribution in [0.2, 0.25) is 0 Å². The zero-order valence-electron chi connectivity index (χ0n) is 16.9. The molecule has 1 spiro atoms. The van der Waals surface area contributed by atoms with Gasteiger partial charge in [0, 0.05) is 37.4 Å². The molecule has 2 saturated heterocycles. The maximum Gasteiger partial charge on any atom is 0.327 e. The van der Waals surface area contributed by atoms with Crippen LogP contribution in [-0.4, -0.2) is 75.1 Å². The van der Waals surface area contributed by atoms with E-state index in [0.717, 1.165) is 16.7 Å². The normalized spacial score (nSPS) is 19.2. The second-order valence-electron chi connectivity index (χ2n) is 8.19. The molecular weight excluding hydrogens is 370 g/mol. The highest BCUT2D eigenvalue weighted by Gasteiger charge is 2.57. The first kappa shape index (κ1) is 19.6. The van der Waals surface area contributed by atoms with Gasteiger partial charge in [0.2, 0.25) is 0 Å². The Balaban J connectivity index is 1.62. The monoisotopic (exact) mass is 397 g/mol. The van der Waals surface area contributed by atoms with Crippen LogP contribution >= 0.6 is 0 Å². The van der Waals surface area contributed by atoms with Gasteiger partial charge in [0.05, 0.1) is 18.7 Å². The van der Waals surface area contributed by atoms with Crippen molar-refractivity contribution in [2.24, 2.45) is 5.92 Å². The summed E-state index contributed by atoms with van der Waals surface area (Å²) < 4.78 is 0. The number of carbonyl (C=O) groups is 2. The summed E-state index contributed by atoms with van der Waals surface area (Å²) >= 11 is 0. The first-order chi connectivity index (χ1) is 14.0. The van der Waals surface area contributed by atoms with Crippen LogP contribution in [0.25, 0.3) is 10.9 Å². The molecule has 0 saturated carbocycles. The van der Waals surface area contributed by atoms with Gasteiger partial charge in [0.1, 0.15) is 11.4 Å². The molecule has 8 heteroatoms. The third-order valence-electron chi connectivity index (χ3n) is 5.89. The van der Waals surface area contributed by atoms with Gasteiger partial charge in [0.15, 0.2) is 0 Å². The molecular formula is C21H27N5O3. The minimum atomic E-state index is -0.824. The molecule has 0 radical (unpaired) electrons. The summed E-state index contributed by atoms with van der Waals surface area (Å²) in [4.78, 5) is 40.3. The Hall–Kier alpha value is -2.74. The number of hydrogen-bond acceptors (Lipinski definition) is 6. The first-order valence-corrected chi connectivity index (χ1v) is 10.2. The fraction of sp³-hybridized carbons (Fsp3) is 0.524. The predicted molar refractivity (Wildman–Crippen MR) is 109 cm³/mol. The molecule has 0 atom stereocenters. The van der Waals surface area contributed by atoms with Crippen molar-refractivity contribution in [3.05, 3.63) is 30.6 Å². The van der Waals surface area contributed by atoms with Crippen LogP contribution in [0.15, 0.2) is 30.6 Å². The van der Waals surface area contributed by atoms with E-state index in [-0.39, 0.29) is 31.0 Å². The molecule has 8 nitrogen and oxygen atoms in total. The standard InChI is InChI=1S/C21H27N5O3/c1-15(2)14-26-20(29)25(12-13-27)19(28)21(26)6-10-24(11-7-21)18-16-4-3-8-22-17(16)5-9-23-18/h3-5,8-9,15,27H,6-7,10-14H2,1-2H3. The van der Waals surface area contributed by atoms with E-state index >= 15 is 0 Å². The number of anilines is 1. The Labute approximate surface area is 170 Å². The number of fused-ring (bicyclic) bond motifs is 1. The third kappa shape index (κ3) is 3.21. The van der Waals surface area contributed by atoms with E-state index in [1.807, 2.05) is 32.0 Å². The SMILES string of the molecule is CC(C)CN1C(=O)N(CCO)C(=O)C12CCN(c1nccc3ncccc13)CC2. The summed E-state index contributed by atoms with van der Waals surface area (Å²) in [5, 5.41) is 10.3. The fourth-order valence-electron chi connectivity index (χ4n) is 4.51. The van der Waals surface area contributed by atoms with Crippen molar-refractivity contribution in [1.82, 2.24) is 19.8 Å². The van der Waals surface area contributed by atoms with Crippen LogP contribution in [0.1, 0.15) is 26.7 Å². The van der Waals surface area contributed by atoms with Gasteiger partial charge in [-0.15, -0.1) is 0 Å². The Morgan fingerprint density at radius 1 is 1.14 bits per heavy atom. The smallest absolute Gasteiger partial charge is 0.327 e. The number of imide groups is 1. The lowest BCUT2D eigenvalue weighted by Gasteiger charge is -2.43. The predicted octanol–water partition coefficient (Wildman–Crippen LogP) is 1.88. The summed E-state index contributed by atoms with van der Waals surface area (Å²) in [5.41, 5.74) is 0.0658. The van der Waals surface area contributed by atoms with Crippen molar-refractivity contribution in [1.29, 1.82) is 0 Å². The molecule has 4 heterocycles. The molecule has 2 aliphatic rings. The fourth-order valence-corrected chi connectivity index (χ4v) is 4.51. The summed E-state index contributed by atoms with van der Waals surface area (Å²) in [5.74, 6) is 0.941. The molecule has 29 heavy (non-hydrogen) atoms. The minimum absolute atomic E-state index is 0.0499. The molecule has 0 aromatic carbocycles. The average Bonchev–Trinajstić information content (AvgIpc) is 2.90. The van der Waals surface area contributed by atoms with Crippen LogP contribution in [0.3, 0.4) is 0 Å². The molecule has 3 amide bonds. The number of aromatic nitrogens is 2. The van der Waals surface area contributed by atoms with Gasteiger partial charge in [-0.05, 0) is 37.0 Å². The number of nitrogens with zero attached hydrogens (tertiary/aromatic N) is 5. The molecule has 2 fully saturated rings. The highest BCUT2D eigenvalue weighted by molar-refractivity contribution is 6.07. The van der Waals surface area contributed by atoms with Crippen LogP contribution in [-0.2, 0) is 4.79 Å². The number of urea groups is 1. The van der Waals surface area contributed by atoms with E-state index in [2.05, 4.69) is 14.9 Å². The largest absolute Gasteiger partial charge is 0.395 e. The number of aliphatic hydroxyl groups is 1. The third-order valence-corrected chi connectivity index (χ3v) is 5.89. The molecule has 0 unspecified atom stereocenters. The van der Waals surface area contributed by atoms with Gasteiger partial charge < -0.3 is 14.9 Å². The van der Waals surface area contributed by atoms with E-state index in [4.69, 9.17) is 0 Å². The van der Waals surface area contributed by atoms with Gasteiger partial charge in [-0.1, -0.05) is 13.8 Å². The van der Waals surface area contributed by atoms with Crippen LogP contribution in [0.4, 0.5) is 10.6 Å². The summed E-state index contributed by atoms with van der Waals surface area (Å²) in [6.07, 6.45) is 4.61. The number of carbonyl (C=O) groups excluding carboxylic acids is 2. The Bertz CT molecular complexity index is 918. The molecule has 2 aromatic heterocycles. The van der Waals surface area contributed by atoms with Crippen LogP contribution < -0.4 is 4.90 Å². The second kappa shape index (κ2) is 7.59. The maximum absolute atomic E-state index is 13.2. The van der Waals surface area contributed by atoms with Gasteiger partial charge in [-0.25, -0.2) is 9.78 Å². The second-order valence-corrected chi connectivity index (χ2v) is 8.19. The summed E-state index contributed by atoms with van der Waals surface area (Å²) in [6, 6.07) is 5.52. The van der Waals surface area contributed by atoms with E-state index < -0.39 is 5.54 Å². The highest BCUT2D eigenvalue weighted by Crippen LogP contribution is 2.39. The molecule has 1 N–H and O–H groups in total. The Morgan fingerprint density at radius 2 is 1.90 bits per heavy atom. The average molecular weight is 397 g/mol. The zero-order valence-corrected chi connectivity index (χ0v) is 16.9. The van der Waals surface area contributed by atoms with Gasteiger partial charge in [-0.2, -0.15) is 0 Å². The molecule has 2 aliphatic heterocycles. The number of piperidine rings is 1. The topological polar surface area (TPSA) is 89.9 Å². The number of amides is 3. The molecule has 154 valence electrons. The minimum Gasteiger partial charge on any atom is -0.395 e. The number of pyridine rings is 2. The lowest BCUT2D eigenvalue weighted by atomic mass is 9.85. The number of hydrogen-bond donors (Lipinski definition) is 1. The maximum atomic E-state index is 13.2. The van der Waals surface area contributed by atoms with Crippen molar-refractivity contribution in [3.63, 3.8) is 0 Å². The van der Waals surface area contributed by atoms with Crippen molar-refractivity contribution in [3.8, 4) is 0 Å². The van der Waals surface area contributed by atoms with Crippen molar-refractivity contribution in [2.45, 2.75) is 32.2 Å². The molecule has 0 aliphatic carbocycles. The van der Waals surface area contributed by atoms with E-state index in [0.29, 0.717) is 32.5 Å². The van der Waals surface area contributed by atoms with E-state index in [1.54, 1.807) is 17.3 Å². The van der Waals surface area contributed by atoms with E-state index in [9.17, 15) is 14.7 Å². The lowest BCUT2D eigenvalue weighted by Crippen LogP contribution is -2.57. The Kier molecular flexibility index (Phi) is 5.12. The van der Waals surface area contributed by atoms with Gasteiger partial charge >= 0.3 is 6.03 Å². The summed E-state index contributed by atoms with van der Waals surface area (Å²) in [6.45, 7) is 5.70. The number of rotatable bonds is 5. The number of aliphatic hydroxyl groups excluding tert-OH is 1. The molecule has 0 bridgehead atoms. The van der Waals surface area contributed by atoms with Crippen molar-refractivity contribution in [2.75, 3.05) is 37.7 Å². The van der Waals surface area contributed by atoms with Gasteiger partial charge in [0.25, 0.3) is 5.91 Å². The molecule has 2 aromatic rings. The molecule has 4 rings (SSSR count). The van der Waals surface area contributed by atoms with Crippen LogP contribution in [0, 0.1) is 5.92 Å². The van der Waals surface area contributed by atoms with Crippen molar-refractivity contribution < 1.29 is 14.7 Å². The lowest BCUT2D eigenvalue weighted by molar-refractivity contribution is -0.134. The highest BCUT2D eigenvalue weighted by atomic mass is 16.3. The van der Waals surface area contributed by atoms with Gasteiger partial charge in [-0.3, -0.25) is 14.7 Å². The quantitative estimate of drug-likeness (QED) is 0.775. The van der Waals surface area contributed by atoms with Crippen LogP contribution in [0.5, 0.6) is 0 Å². The first-order valence-electron chi connectivity index (χ1n) is 10.2. The Morgan fingerprint density at radius 3 is 2.59 bits per heavy atom. The summed E-state index contributed by atoms with van der Waals surface area (Å²) in [7, 11) is 0. The zero-order chi connectivity index (χ0) is 20.6. The number of β-amino-alcohol motifs (C(OH)–C–C–N with tert-alkyl or cyclic N) is 1. The van der Waals surface area contributed by atoms with E-state index in [1.165, 1.54) is 4.90 Å². The van der Waals surface area contributed by atoms with Crippen molar-refractivity contribution >= 4 is 28.7 Å².